The highest BCUT2D eigenvalue weighted by atomic mass is 16.6. The Morgan fingerprint density at radius 3 is 2.37 bits per heavy atom. The first-order chi connectivity index (χ1) is 13.1. The zero-order valence-electron chi connectivity index (χ0n) is 15.1. The van der Waals surface area contributed by atoms with Crippen LogP contribution in [0.15, 0.2) is 53.2 Å². The summed E-state index contributed by atoms with van der Waals surface area (Å²) in [5.74, 6) is 1.53. The van der Waals surface area contributed by atoms with Crippen LogP contribution < -0.4 is 19.5 Å². The molecule has 8 nitrogen and oxygen atoms in total. The molecule has 0 spiro atoms. The van der Waals surface area contributed by atoms with E-state index >= 15 is 0 Å². The molecule has 1 heterocycles. The molecule has 1 amide bonds. The minimum atomic E-state index is -0.790. The lowest BCUT2D eigenvalue weighted by molar-refractivity contribution is -0.122. The molecule has 1 N–H and O–H groups in total. The topological polar surface area (TPSA) is 95.7 Å². The largest absolute Gasteiger partial charge is 0.497 e. The predicted molar refractivity (Wildman–Crippen MR) is 98.0 cm³/mol. The molecule has 0 bridgehead atoms. The van der Waals surface area contributed by atoms with Gasteiger partial charge in [-0.25, -0.2) is 4.63 Å². The number of amides is 1. The van der Waals surface area contributed by atoms with E-state index in [0.29, 0.717) is 22.9 Å². The Kier molecular flexibility index (Phi) is 5.55. The summed E-state index contributed by atoms with van der Waals surface area (Å²) < 4.78 is 20.8. The Bertz CT molecular complexity index is 908. The highest BCUT2D eigenvalue weighted by Crippen LogP contribution is 2.28. The third kappa shape index (κ3) is 4.17. The molecule has 0 radical (unpaired) electrons. The number of ether oxygens (including phenoxy) is 3. The number of benzene rings is 2. The number of hydrogen-bond acceptors (Lipinski definition) is 7. The summed E-state index contributed by atoms with van der Waals surface area (Å²) in [5, 5.41) is 10.3. The molecule has 0 aliphatic heterocycles. The molecule has 27 heavy (non-hydrogen) atoms. The molecule has 1 atom stereocenters. The van der Waals surface area contributed by atoms with Crippen LogP contribution in [0.4, 0.5) is 5.82 Å². The average Bonchev–Trinajstić information content (AvgIpc) is 3.16. The van der Waals surface area contributed by atoms with Gasteiger partial charge in [-0.2, -0.15) is 0 Å². The Labute approximate surface area is 156 Å². The van der Waals surface area contributed by atoms with Gasteiger partial charge in [0.15, 0.2) is 23.3 Å². The van der Waals surface area contributed by atoms with Gasteiger partial charge in [-0.1, -0.05) is 12.1 Å². The maximum absolute atomic E-state index is 12.5. The van der Waals surface area contributed by atoms with Gasteiger partial charge in [-0.05, 0) is 53.6 Å². The van der Waals surface area contributed by atoms with Crippen molar-refractivity contribution in [3.05, 3.63) is 48.5 Å². The van der Waals surface area contributed by atoms with Crippen LogP contribution in [0.25, 0.3) is 11.3 Å². The van der Waals surface area contributed by atoms with Gasteiger partial charge < -0.3 is 19.5 Å². The van der Waals surface area contributed by atoms with Gasteiger partial charge in [0.05, 0.1) is 14.2 Å². The number of anilines is 1. The van der Waals surface area contributed by atoms with Crippen molar-refractivity contribution in [2.45, 2.75) is 13.0 Å². The van der Waals surface area contributed by atoms with Crippen LogP contribution in [-0.4, -0.2) is 36.5 Å². The van der Waals surface area contributed by atoms with Crippen molar-refractivity contribution in [2.75, 3.05) is 19.5 Å². The summed E-state index contributed by atoms with van der Waals surface area (Å²) in [6.07, 6.45) is -0.790. The van der Waals surface area contributed by atoms with Gasteiger partial charge in [0.1, 0.15) is 5.75 Å². The summed E-state index contributed by atoms with van der Waals surface area (Å²) in [6, 6.07) is 14.2. The molecule has 0 fully saturated rings. The quantitative estimate of drug-likeness (QED) is 0.683. The van der Waals surface area contributed by atoms with Crippen molar-refractivity contribution in [2.24, 2.45) is 0 Å². The maximum Gasteiger partial charge on any atom is 0.266 e. The Hall–Kier alpha value is -3.55. The molecule has 0 aliphatic carbocycles. The van der Waals surface area contributed by atoms with Crippen LogP contribution in [-0.2, 0) is 4.79 Å². The molecular weight excluding hydrogens is 350 g/mol. The number of hydrogen-bond donors (Lipinski definition) is 1. The summed E-state index contributed by atoms with van der Waals surface area (Å²) >= 11 is 0. The molecule has 140 valence electrons. The van der Waals surface area contributed by atoms with Gasteiger partial charge in [-0.15, -0.1) is 0 Å². The van der Waals surface area contributed by atoms with Crippen LogP contribution in [0.2, 0.25) is 0 Å². The highest BCUT2D eigenvalue weighted by Gasteiger charge is 2.21. The predicted octanol–water partition coefficient (Wildman–Crippen LogP) is 3.16. The van der Waals surface area contributed by atoms with Crippen molar-refractivity contribution in [1.82, 2.24) is 10.3 Å². The van der Waals surface area contributed by atoms with Gasteiger partial charge in [0.2, 0.25) is 5.82 Å². The Balaban J connectivity index is 1.72. The highest BCUT2D eigenvalue weighted by molar-refractivity contribution is 5.96. The van der Waals surface area contributed by atoms with Gasteiger partial charge in [0, 0.05) is 5.56 Å². The zero-order valence-corrected chi connectivity index (χ0v) is 15.1. The summed E-state index contributed by atoms with van der Waals surface area (Å²) in [7, 11) is 3.12. The second-order valence-corrected chi connectivity index (χ2v) is 5.59. The van der Waals surface area contributed by atoms with E-state index < -0.39 is 12.0 Å². The summed E-state index contributed by atoms with van der Waals surface area (Å²) in [4.78, 5) is 12.5. The summed E-state index contributed by atoms with van der Waals surface area (Å²) in [6.45, 7) is 1.63. The lowest BCUT2D eigenvalue weighted by Gasteiger charge is -2.16. The third-order valence-corrected chi connectivity index (χ3v) is 3.84. The van der Waals surface area contributed by atoms with Gasteiger partial charge in [-0.3, -0.25) is 4.79 Å². The maximum atomic E-state index is 12.5. The van der Waals surface area contributed by atoms with E-state index in [1.54, 1.807) is 56.5 Å². The smallest absolute Gasteiger partial charge is 0.266 e. The third-order valence-electron chi connectivity index (χ3n) is 3.84. The van der Waals surface area contributed by atoms with Crippen molar-refractivity contribution in [3.63, 3.8) is 0 Å². The molecule has 8 heteroatoms. The first-order valence-corrected chi connectivity index (χ1v) is 8.20. The van der Waals surface area contributed by atoms with E-state index in [2.05, 4.69) is 15.6 Å². The molecule has 3 rings (SSSR count). The van der Waals surface area contributed by atoms with Gasteiger partial charge in [0.25, 0.3) is 5.91 Å². The second-order valence-electron chi connectivity index (χ2n) is 5.59. The number of carbonyl (C=O) groups excluding carboxylic acids is 1. The fraction of sp³-hybridized carbons (Fsp3) is 0.211. The van der Waals surface area contributed by atoms with Crippen molar-refractivity contribution in [1.29, 1.82) is 0 Å². The van der Waals surface area contributed by atoms with E-state index in [0.717, 1.165) is 5.56 Å². The minimum Gasteiger partial charge on any atom is -0.497 e. The zero-order chi connectivity index (χ0) is 19.2. The van der Waals surface area contributed by atoms with E-state index in [1.165, 1.54) is 7.11 Å². The minimum absolute atomic E-state index is 0.209. The monoisotopic (exact) mass is 369 g/mol. The van der Waals surface area contributed by atoms with Crippen molar-refractivity contribution in [3.8, 4) is 28.5 Å². The Morgan fingerprint density at radius 1 is 1.00 bits per heavy atom. The fourth-order valence-electron chi connectivity index (χ4n) is 2.39. The normalized spacial score (nSPS) is 11.5. The number of aromatic nitrogens is 2. The fourth-order valence-corrected chi connectivity index (χ4v) is 2.39. The number of methoxy groups -OCH3 is 2. The first kappa shape index (κ1) is 18.2. The molecule has 0 saturated carbocycles. The van der Waals surface area contributed by atoms with Gasteiger partial charge >= 0.3 is 0 Å². The van der Waals surface area contributed by atoms with E-state index in [9.17, 15) is 4.79 Å². The van der Waals surface area contributed by atoms with Crippen molar-refractivity contribution < 1.29 is 23.6 Å². The number of carbonyl (C=O) groups is 1. The molecule has 0 unspecified atom stereocenters. The van der Waals surface area contributed by atoms with Crippen LogP contribution in [0.5, 0.6) is 17.2 Å². The standard InChI is InChI=1S/C19H19N3O5/c1-12(26-16-7-5-4-6-15(16)25-3)19(23)20-18-17(21-27-22-18)13-8-10-14(24-2)11-9-13/h4-12H,1-3H3,(H,20,22,23)/t12-/m0/s1. The second kappa shape index (κ2) is 8.22. The lowest BCUT2D eigenvalue weighted by atomic mass is 10.1. The molecule has 2 aromatic carbocycles. The number of nitrogens with one attached hydrogen (secondary N) is 1. The molecule has 0 aliphatic rings. The van der Waals surface area contributed by atoms with Crippen molar-refractivity contribution >= 4 is 11.7 Å². The van der Waals surface area contributed by atoms with Crippen LogP contribution >= 0.6 is 0 Å². The molecule has 0 saturated heterocycles. The number of rotatable bonds is 7. The van der Waals surface area contributed by atoms with Crippen LogP contribution in [0.3, 0.4) is 0 Å². The number of para-hydroxylation sites is 2. The molecular formula is C19H19N3O5. The van der Waals surface area contributed by atoms with E-state index in [4.69, 9.17) is 18.8 Å². The summed E-state index contributed by atoms with van der Waals surface area (Å²) in [5.41, 5.74) is 1.14. The average molecular weight is 369 g/mol. The van der Waals surface area contributed by atoms with E-state index in [-0.39, 0.29) is 5.82 Å². The van der Waals surface area contributed by atoms with Crippen LogP contribution in [0.1, 0.15) is 6.92 Å². The number of nitrogens with zero attached hydrogens (tertiary/aromatic N) is 2. The Morgan fingerprint density at radius 2 is 1.70 bits per heavy atom. The SMILES string of the molecule is COc1ccc(-c2nonc2NC(=O)[C@H](C)Oc2ccccc2OC)cc1. The van der Waals surface area contributed by atoms with Crippen LogP contribution in [0, 0.1) is 0 Å². The van der Waals surface area contributed by atoms with E-state index in [1.807, 2.05) is 6.07 Å². The molecule has 3 aromatic rings. The molecule has 1 aromatic heterocycles. The lowest BCUT2D eigenvalue weighted by Crippen LogP contribution is -2.30. The first-order valence-electron chi connectivity index (χ1n) is 8.20.